The van der Waals surface area contributed by atoms with Crippen molar-refractivity contribution in [3.63, 3.8) is 0 Å². The number of ether oxygens (including phenoxy) is 1. The molecule has 2 fully saturated rings. The molecule has 0 spiro atoms. The summed E-state index contributed by atoms with van der Waals surface area (Å²) in [5.74, 6) is -0.225. The van der Waals surface area contributed by atoms with Gasteiger partial charge in [0.1, 0.15) is 0 Å². The van der Waals surface area contributed by atoms with Gasteiger partial charge < -0.3 is 14.5 Å². The maximum Gasteiger partial charge on any atom is 0.310 e. The summed E-state index contributed by atoms with van der Waals surface area (Å²) >= 11 is 0. The van der Waals surface area contributed by atoms with Crippen molar-refractivity contribution in [3.05, 3.63) is 29.8 Å². The van der Waals surface area contributed by atoms with Gasteiger partial charge in [-0.15, -0.1) is 0 Å². The largest absolute Gasteiger partial charge is 0.466 e. The van der Waals surface area contributed by atoms with E-state index in [0.717, 1.165) is 37.1 Å². The minimum absolute atomic E-state index is 0.0315. The summed E-state index contributed by atoms with van der Waals surface area (Å²) in [6.07, 6.45) is 3.42. The minimum Gasteiger partial charge on any atom is -0.466 e. The molecule has 0 radical (unpaired) electrons. The topological polar surface area (TPSA) is 66.9 Å². The van der Waals surface area contributed by atoms with Crippen LogP contribution in [0.4, 0.5) is 5.69 Å². The molecule has 0 saturated carbocycles. The molecule has 6 heteroatoms. The maximum absolute atomic E-state index is 12.6. The number of esters is 1. The fourth-order valence-corrected chi connectivity index (χ4v) is 3.66. The Kier molecular flexibility index (Phi) is 5.91. The molecular formula is C20H26N2O4. The van der Waals surface area contributed by atoms with Crippen molar-refractivity contribution >= 4 is 23.5 Å². The molecule has 140 valence electrons. The van der Waals surface area contributed by atoms with Crippen LogP contribution < -0.4 is 4.90 Å². The first-order valence-corrected chi connectivity index (χ1v) is 9.42. The van der Waals surface area contributed by atoms with Gasteiger partial charge in [-0.3, -0.25) is 14.4 Å². The van der Waals surface area contributed by atoms with Crippen molar-refractivity contribution in [3.8, 4) is 0 Å². The van der Waals surface area contributed by atoms with E-state index in [-0.39, 0.29) is 23.7 Å². The normalized spacial score (nSPS) is 20.3. The summed E-state index contributed by atoms with van der Waals surface area (Å²) in [7, 11) is 0. The third-order valence-electron chi connectivity index (χ3n) is 5.07. The molecule has 2 amide bonds. The number of amides is 2. The highest BCUT2D eigenvalue weighted by Gasteiger charge is 2.29. The van der Waals surface area contributed by atoms with E-state index in [4.69, 9.17) is 4.74 Å². The average Bonchev–Trinajstić information content (AvgIpc) is 3.08. The van der Waals surface area contributed by atoms with Gasteiger partial charge in [0.15, 0.2) is 0 Å². The molecule has 2 aliphatic heterocycles. The fourth-order valence-electron chi connectivity index (χ4n) is 3.66. The second-order valence-electron chi connectivity index (χ2n) is 6.92. The summed E-state index contributed by atoms with van der Waals surface area (Å²) in [6.45, 7) is 4.06. The van der Waals surface area contributed by atoms with Crippen molar-refractivity contribution in [2.75, 3.05) is 31.1 Å². The van der Waals surface area contributed by atoms with Crippen LogP contribution >= 0.6 is 0 Å². The van der Waals surface area contributed by atoms with Crippen LogP contribution in [0.15, 0.2) is 24.3 Å². The van der Waals surface area contributed by atoms with Crippen molar-refractivity contribution in [2.24, 2.45) is 5.92 Å². The lowest BCUT2D eigenvalue weighted by molar-refractivity contribution is -0.151. The first-order chi connectivity index (χ1) is 12.6. The van der Waals surface area contributed by atoms with E-state index in [2.05, 4.69) is 0 Å². The Balaban J connectivity index is 1.57. The number of benzene rings is 1. The summed E-state index contributed by atoms with van der Waals surface area (Å²) in [5.41, 5.74) is 1.81. The Morgan fingerprint density at radius 2 is 1.92 bits per heavy atom. The number of carbonyl (C=O) groups excluding carboxylic acids is 3. The van der Waals surface area contributed by atoms with Crippen LogP contribution in [0.2, 0.25) is 0 Å². The van der Waals surface area contributed by atoms with Crippen LogP contribution in [-0.2, 0) is 25.5 Å². The van der Waals surface area contributed by atoms with Gasteiger partial charge in [-0.05, 0) is 43.9 Å². The van der Waals surface area contributed by atoms with Gasteiger partial charge in [-0.1, -0.05) is 12.1 Å². The monoisotopic (exact) mass is 358 g/mol. The summed E-state index contributed by atoms with van der Waals surface area (Å²) in [4.78, 5) is 39.9. The zero-order valence-corrected chi connectivity index (χ0v) is 15.3. The van der Waals surface area contributed by atoms with Gasteiger partial charge in [-0.25, -0.2) is 0 Å². The minimum atomic E-state index is -0.212. The summed E-state index contributed by atoms with van der Waals surface area (Å²) < 4.78 is 5.09. The SMILES string of the molecule is CCOC(=O)C1CCCN(C(=O)Cc2ccc(N3CCCC3=O)cc2)C1. The van der Waals surface area contributed by atoms with Crippen LogP contribution in [0, 0.1) is 5.92 Å². The van der Waals surface area contributed by atoms with Crippen molar-refractivity contribution in [1.82, 2.24) is 4.90 Å². The number of nitrogens with zero attached hydrogens (tertiary/aromatic N) is 2. The van der Waals surface area contributed by atoms with Gasteiger partial charge in [0.25, 0.3) is 0 Å². The van der Waals surface area contributed by atoms with Crippen LogP contribution in [0.5, 0.6) is 0 Å². The van der Waals surface area contributed by atoms with Crippen molar-refractivity contribution in [2.45, 2.75) is 39.0 Å². The van der Waals surface area contributed by atoms with E-state index in [0.29, 0.717) is 32.5 Å². The smallest absolute Gasteiger partial charge is 0.310 e. The standard InChI is InChI=1S/C20H26N2O4/c1-2-26-20(25)16-5-3-11-21(14-16)19(24)13-15-7-9-17(10-8-15)22-12-4-6-18(22)23/h7-10,16H,2-6,11-14H2,1H3. The molecule has 0 bridgehead atoms. The number of carbonyl (C=O) groups is 3. The highest BCUT2D eigenvalue weighted by molar-refractivity contribution is 5.95. The number of likely N-dealkylation sites (tertiary alicyclic amines) is 1. The van der Waals surface area contributed by atoms with Crippen molar-refractivity contribution < 1.29 is 19.1 Å². The molecule has 26 heavy (non-hydrogen) atoms. The molecule has 1 aromatic rings. The third-order valence-corrected chi connectivity index (χ3v) is 5.07. The molecule has 0 aliphatic carbocycles. The number of hydrogen-bond donors (Lipinski definition) is 0. The molecule has 1 atom stereocenters. The van der Waals surface area contributed by atoms with Gasteiger partial charge >= 0.3 is 5.97 Å². The summed E-state index contributed by atoms with van der Waals surface area (Å²) in [5, 5.41) is 0. The molecule has 1 unspecified atom stereocenters. The molecule has 3 rings (SSSR count). The predicted octanol–water partition coefficient (Wildman–Crippen LogP) is 2.16. The predicted molar refractivity (Wildman–Crippen MR) is 97.7 cm³/mol. The van der Waals surface area contributed by atoms with Gasteiger partial charge in [0, 0.05) is 31.7 Å². The van der Waals surface area contributed by atoms with Gasteiger partial charge in [0.05, 0.1) is 18.9 Å². The van der Waals surface area contributed by atoms with E-state index < -0.39 is 0 Å². The Morgan fingerprint density at radius 1 is 1.15 bits per heavy atom. The summed E-state index contributed by atoms with van der Waals surface area (Å²) in [6, 6.07) is 7.63. The molecular weight excluding hydrogens is 332 g/mol. The molecule has 1 aromatic carbocycles. The molecule has 2 saturated heterocycles. The highest BCUT2D eigenvalue weighted by atomic mass is 16.5. The Bertz CT molecular complexity index is 671. The van der Waals surface area contributed by atoms with E-state index in [1.807, 2.05) is 24.3 Å². The average molecular weight is 358 g/mol. The molecule has 0 N–H and O–H groups in total. The van der Waals surface area contributed by atoms with E-state index >= 15 is 0 Å². The number of anilines is 1. The molecule has 6 nitrogen and oxygen atoms in total. The zero-order chi connectivity index (χ0) is 18.5. The lowest BCUT2D eigenvalue weighted by atomic mass is 9.97. The Labute approximate surface area is 154 Å². The van der Waals surface area contributed by atoms with E-state index in [9.17, 15) is 14.4 Å². The van der Waals surface area contributed by atoms with E-state index in [1.165, 1.54) is 0 Å². The van der Waals surface area contributed by atoms with Crippen molar-refractivity contribution in [1.29, 1.82) is 0 Å². The van der Waals surface area contributed by atoms with Crippen LogP contribution in [0.25, 0.3) is 0 Å². The molecule has 2 heterocycles. The fraction of sp³-hybridized carbons (Fsp3) is 0.550. The van der Waals surface area contributed by atoms with Crippen LogP contribution in [-0.4, -0.2) is 48.9 Å². The lowest BCUT2D eigenvalue weighted by Gasteiger charge is -2.31. The number of piperidine rings is 1. The second-order valence-corrected chi connectivity index (χ2v) is 6.92. The van der Waals surface area contributed by atoms with E-state index in [1.54, 1.807) is 16.7 Å². The Morgan fingerprint density at radius 3 is 2.58 bits per heavy atom. The maximum atomic E-state index is 12.6. The first kappa shape index (κ1) is 18.4. The van der Waals surface area contributed by atoms with Gasteiger partial charge in [-0.2, -0.15) is 0 Å². The van der Waals surface area contributed by atoms with Gasteiger partial charge in [0.2, 0.25) is 11.8 Å². The van der Waals surface area contributed by atoms with Crippen LogP contribution in [0.3, 0.4) is 0 Å². The Hall–Kier alpha value is -2.37. The number of rotatable bonds is 5. The quantitative estimate of drug-likeness (QED) is 0.757. The second kappa shape index (κ2) is 8.34. The molecule has 0 aromatic heterocycles. The van der Waals surface area contributed by atoms with Crippen LogP contribution in [0.1, 0.15) is 38.2 Å². The lowest BCUT2D eigenvalue weighted by Crippen LogP contribution is -2.43. The first-order valence-electron chi connectivity index (χ1n) is 9.42. The highest BCUT2D eigenvalue weighted by Crippen LogP contribution is 2.23. The third kappa shape index (κ3) is 4.23. The molecule has 2 aliphatic rings. The number of hydrogen-bond acceptors (Lipinski definition) is 4. The zero-order valence-electron chi connectivity index (χ0n) is 15.3.